The van der Waals surface area contributed by atoms with Gasteiger partial charge in [0.05, 0.1) is 0 Å². The topological polar surface area (TPSA) is 12.0 Å². The normalized spacial score (nSPS) is 13.1. The van der Waals surface area contributed by atoms with Crippen molar-refractivity contribution in [1.29, 1.82) is 0 Å². The fourth-order valence-corrected chi connectivity index (χ4v) is 3.08. The van der Waals surface area contributed by atoms with Crippen LogP contribution in [0.15, 0.2) is 29.6 Å². The van der Waals surface area contributed by atoms with Crippen LogP contribution >= 0.6 is 11.3 Å². The van der Waals surface area contributed by atoms with Crippen LogP contribution in [0.1, 0.15) is 18.9 Å². The Morgan fingerprint density at radius 3 is 2.94 bits per heavy atom. The Morgan fingerprint density at radius 1 is 1.31 bits per heavy atom. The van der Waals surface area contributed by atoms with Crippen molar-refractivity contribution in [3.8, 4) is 0 Å². The highest BCUT2D eigenvalue weighted by Gasteiger charge is 2.05. The molecule has 0 aliphatic rings. The summed E-state index contributed by atoms with van der Waals surface area (Å²) in [7, 11) is 2.02. The molecule has 1 nitrogen and oxygen atoms in total. The molecule has 86 valence electrons. The highest BCUT2D eigenvalue weighted by atomic mass is 32.1. The molecule has 0 saturated heterocycles. The van der Waals surface area contributed by atoms with Gasteiger partial charge in [-0.2, -0.15) is 0 Å². The lowest BCUT2D eigenvalue weighted by Crippen LogP contribution is -2.16. The van der Waals surface area contributed by atoms with Gasteiger partial charge in [-0.25, -0.2) is 0 Å². The van der Waals surface area contributed by atoms with E-state index >= 15 is 0 Å². The molecule has 16 heavy (non-hydrogen) atoms. The van der Waals surface area contributed by atoms with E-state index in [2.05, 4.69) is 41.9 Å². The van der Waals surface area contributed by atoms with Crippen LogP contribution < -0.4 is 5.32 Å². The Labute approximate surface area is 101 Å². The summed E-state index contributed by atoms with van der Waals surface area (Å²) in [6.45, 7) is 3.42. The minimum absolute atomic E-state index is 0.753. The summed E-state index contributed by atoms with van der Waals surface area (Å²) in [6.07, 6.45) is 2.47. The number of fused-ring (bicyclic) bond motifs is 1. The first kappa shape index (κ1) is 11.6. The second-order valence-corrected chi connectivity index (χ2v) is 5.37. The molecule has 1 atom stereocenters. The smallest absolute Gasteiger partial charge is 0.0345 e. The monoisotopic (exact) mass is 233 g/mol. The Kier molecular flexibility index (Phi) is 3.97. The van der Waals surface area contributed by atoms with Gasteiger partial charge < -0.3 is 5.32 Å². The molecular formula is C14H19NS. The van der Waals surface area contributed by atoms with Crippen molar-refractivity contribution in [2.45, 2.75) is 19.8 Å². The van der Waals surface area contributed by atoms with Crippen molar-refractivity contribution in [3.05, 3.63) is 35.2 Å². The summed E-state index contributed by atoms with van der Waals surface area (Å²) in [5.74, 6) is 0.753. The zero-order chi connectivity index (χ0) is 11.4. The molecule has 2 rings (SSSR count). The molecule has 1 aromatic heterocycles. The third-order valence-electron chi connectivity index (χ3n) is 3.02. The van der Waals surface area contributed by atoms with Gasteiger partial charge in [0, 0.05) is 4.70 Å². The third-order valence-corrected chi connectivity index (χ3v) is 4.03. The van der Waals surface area contributed by atoms with E-state index in [1.54, 1.807) is 0 Å². The van der Waals surface area contributed by atoms with Gasteiger partial charge in [0.2, 0.25) is 0 Å². The molecule has 0 bridgehead atoms. The largest absolute Gasteiger partial charge is 0.319 e. The lowest BCUT2D eigenvalue weighted by Gasteiger charge is -2.09. The molecular weight excluding hydrogens is 214 g/mol. The maximum Gasteiger partial charge on any atom is 0.0345 e. The van der Waals surface area contributed by atoms with Gasteiger partial charge in [0.1, 0.15) is 0 Å². The SMILES string of the molecule is CNCC(C)CCc1csc2ccccc12. The number of nitrogens with one attached hydrogen (secondary N) is 1. The summed E-state index contributed by atoms with van der Waals surface area (Å²) >= 11 is 1.86. The number of benzene rings is 1. The number of rotatable bonds is 5. The van der Waals surface area contributed by atoms with E-state index in [1.165, 1.54) is 28.5 Å². The summed E-state index contributed by atoms with van der Waals surface area (Å²) in [5, 5.41) is 7.00. The van der Waals surface area contributed by atoms with Crippen molar-refractivity contribution in [2.75, 3.05) is 13.6 Å². The molecule has 2 aromatic rings. The number of hydrogen-bond donors (Lipinski definition) is 1. The standard InChI is InChI=1S/C14H19NS/c1-11(9-15-2)7-8-12-10-16-14-6-4-3-5-13(12)14/h3-6,10-11,15H,7-9H2,1-2H3. The second kappa shape index (κ2) is 5.46. The minimum Gasteiger partial charge on any atom is -0.319 e. The van der Waals surface area contributed by atoms with Crippen LogP contribution in [-0.2, 0) is 6.42 Å². The Morgan fingerprint density at radius 2 is 2.12 bits per heavy atom. The highest BCUT2D eigenvalue weighted by molar-refractivity contribution is 7.17. The van der Waals surface area contributed by atoms with E-state index in [9.17, 15) is 0 Å². The Balaban J connectivity index is 2.04. The van der Waals surface area contributed by atoms with Crippen LogP contribution in [-0.4, -0.2) is 13.6 Å². The molecule has 0 aliphatic carbocycles. The van der Waals surface area contributed by atoms with Crippen LogP contribution in [0.3, 0.4) is 0 Å². The first-order chi connectivity index (χ1) is 7.81. The lowest BCUT2D eigenvalue weighted by molar-refractivity contribution is 0.506. The van der Waals surface area contributed by atoms with E-state index < -0.39 is 0 Å². The van der Waals surface area contributed by atoms with Crippen LogP contribution in [0.5, 0.6) is 0 Å². The second-order valence-electron chi connectivity index (χ2n) is 4.46. The van der Waals surface area contributed by atoms with E-state index in [4.69, 9.17) is 0 Å². The van der Waals surface area contributed by atoms with Crippen LogP contribution in [0.2, 0.25) is 0 Å². The first-order valence-corrected chi connectivity index (χ1v) is 6.79. The number of aryl methyl sites for hydroxylation is 1. The summed E-state index contributed by atoms with van der Waals surface area (Å²) < 4.78 is 1.42. The Bertz CT molecular complexity index is 447. The molecule has 0 saturated carbocycles. The number of hydrogen-bond acceptors (Lipinski definition) is 2. The molecule has 1 aromatic carbocycles. The number of thiophene rings is 1. The molecule has 1 unspecified atom stereocenters. The van der Waals surface area contributed by atoms with Gasteiger partial charge >= 0.3 is 0 Å². The maximum absolute atomic E-state index is 3.24. The average Bonchev–Trinajstić information content (AvgIpc) is 2.70. The summed E-state index contributed by atoms with van der Waals surface area (Å²) in [6, 6.07) is 8.70. The Hall–Kier alpha value is -0.860. The average molecular weight is 233 g/mol. The van der Waals surface area contributed by atoms with Gasteiger partial charge in [-0.1, -0.05) is 25.1 Å². The summed E-state index contributed by atoms with van der Waals surface area (Å²) in [5.41, 5.74) is 1.52. The fourth-order valence-electron chi connectivity index (χ4n) is 2.08. The van der Waals surface area contributed by atoms with Crippen molar-refractivity contribution < 1.29 is 0 Å². The zero-order valence-electron chi connectivity index (χ0n) is 9.99. The van der Waals surface area contributed by atoms with Crippen LogP contribution in [0, 0.1) is 5.92 Å². The zero-order valence-corrected chi connectivity index (χ0v) is 10.8. The first-order valence-electron chi connectivity index (χ1n) is 5.91. The lowest BCUT2D eigenvalue weighted by atomic mass is 10.0. The van der Waals surface area contributed by atoms with E-state index in [-0.39, 0.29) is 0 Å². The van der Waals surface area contributed by atoms with Crippen molar-refractivity contribution >= 4 is 21.4 Å². The van der Waals surface area contributed by atoms with Gasteiger partial charge in [0.25, 0.3) is 0 Å². The maximum atomic E-state index is 3.24. The molecule has 0 fully saturated rings. The molecule has 1 N–H and O–H groups in total. The van der Waals surface area contributed by atoms with Crippen LogP contribution in [0.4, 0.5) is 0 Å². The van der Waals surface area contributed by atoms with E-state index in [0.717, 1.165) is 12.5 Å². The highest BCUT2D eigenvalue weighted by Crippen LogP contribution is 2.27. The van der Waals surface area contributed by atoms with Crippen molar-refractivity contribution in [1.82, 2.24) is 5.32 Å². The van der Waals surface area contributed by atoms with Gasteiger partial charge in [-0.3, -0.25) is 0 Å². The quantitative estimate of drug-likeness (QED) is 0.830. The molecule has 0 amide bonds. The van der Waals surface area contributed by atoms with Crippen molar-refractivity contribution in [3.63, 3.8) is 0 Å². The van der Waals surface area contributed by atoms with Crippen LogP contribution in [0.25, 0.3) is 10.1 Å². The molecule has 0 aliphatic heterocycles. The molecule has 2 heteroatoms. The molecule has 1 heterocycles. The van der Waals surface area contributed by atoms with Gasteiger partial charge in [0.15, 0.2) is 0 Å². The predicted molar refractivity (Wildman–Crippen MR) is 73.2 cm³/mol. The molecule has 0 spiro atoms. The predicted octanol–water partition coefficient (Wildman–Crippen LogP) is 3.69. The van der Waals surface area contributed by atoms with E-state index in [1.807, 2.05) is 18.4 Å². The van der Waals surface area contributed by atoms with Crippen molar-refractivity contribution in [2.24, 2.45) is 5.92 Å². The van der Waals surface area contributed by atoms with E-state index in [0.29, 0.717) is 0 Å². The molecule has 0 radical (unpaired) electrons. The minimum atomic E-state index is 0.753. The van der Waals surface area contributed by atoms with Gasteiger partial charge in [-0.05, 0) is 54.7 Å². The summed E-state index contributed by atoms with van der Waals surface area (Å²) in [4.78, 5) is 0. The fraction of sp³-hybridized carbons (Fsp3) is 0.429. The van der Waals surface area contributed by atoms with Gasteiger partial charge in [-0.15, -0.1) is 11.3 Å². The third kappa shape index (κ3) is 2.63.